The van der Waals surface area contributed by atoms with Crippen molar-refractivity contribution < 1.29 is 14.3 Å². The highest BCUT2D eigenvalue weighted by atomic mass is 16.8. The van der Waals surface area contributed by atoms with E-state index in [1.54, 1.807) is 6.33 Å². The minimum absolute atomic E-state index is 0.0701. The highest BCUT2D eigenvalue weighted by Crippen LogP contribution is 2.43. The Labute approximate surface area is 262 Å². The first kappa shape index (κ1) is 29.4. The number of ether oxygens (including phenoxy) is 2. The first-order valence-corrected chi connectivity index (χ1v) is 15.8. The van der Waals surface area contributed by atoms with Gasteiger partial charge in [0.05, 0.1) is 12.4 Å². The highest BCUT2D eigenvalue weighted by Gasteiger charge is 2.51. The molecule has 4 atom stereocenters. The average molecular weight is 609 g/mol. The van der Waals surface area contributed by atoms with E-state index in [0.717, 1.165) is 13.0 Å². The number of fused-ring (bicyclic) bond motifs is 2. The number of nitrogens with one attached hydrogen (secondary N) is 2. The summed E-state index contributed by atoms with van der Waals surface area (Å²) in [4.78, 5) is 29.5. The third-order valence-corrected chi connectivity index (χ3v) is 8.84. The lowest BCUT2D eigenvalue weighted by Gasteiger charge is -2.23. The molecule has 2 aliphatic heterocycles. The molecule has 4 N–H and O–H groups in total. The van der Waals surface area contributed by atoms with Crippen LogP contribution >= 0.6 is 0 Å². The molecule has 11 nitrogen and oxygen atoms in total. The molecule has 0 spiro atoms. The molecule has 0 bridgehead atoms. The zero-order valence-corrected chi connectivity index (χ0v) is 25.9. The van der Waals surface area contributed by atoms with E-state index in [1.807, 2.05) is 43.5 Å². The van der Waals surface area contributed by atoms with Crippen molar-refractivity contribution in [1.29, 1.82) is 0 Å². The van der Waals surface area contributed by atoms with Crippen LogP contribution in [0, 0.1) is 0 Å². The lowest BCUT2D eigenvalue weighted by Crippen LogP contribution is -2.32. The van der Waals surface area contributed by atoms with Gasteiger partial charge in [0.15, 0.2) is 22.8 Å². The Morgan fingerprint density at radius 2 is 1.78 bits per heavy atom. The van der Waals surface area contributed by atoms with Crippen molar-refractivity contribution in [2.45, 2.75) is 69.6 Å². The third kappa shape index (κ3) is 5.79. The second-order valence-corrected chi connectivity index (χ2v) is 12.5. The van der Waals surface area contributed by atoms with Gasteiger partial charge >= 0.3 is 0 Å². The van der Waals surface area contributed by atoms with Gasteiger partial charge in [-0.25, -0.2) is 4.98 Å². The summed E-state index contributed by atoms with van der Waals surface area (Å²) in [6.07, 6.45) is 4.26. The molecule has 1 aliphatic carbocycles. The molecule has 234 valence electrons. The summed E-state index contributed by atoms with van der Waals surface area (Å²) in [7, 11) is 0. The fourth-order valence-electron chi connectivity index (χ4n) is 6.61. The Kier molecular flexibility index (Phi) is 7.76. The van der Waals surface area contributed by atoms with E-state index in [0.29, 0.717) is 48.1 Å². The molecule has 3 aliphatic rings. The van der Waals surface area contributed by atoms with Crippen molar-refractivity contribution in [2.24, 2.45) is 5.73 Å². The monoisotopic (exact) mass is 608 g/mol. The van der Waals surface area contributed by atoms with Gasteiger partial charge in [-0.15, -0.1) is 0 Å². The Balaban J connectivity index is 1.28. The van der Waals surface area contributed by atoms with Crippen molar-refractivity contribution >= 4 is 28.8 Å². The molecule has 0 saturated carbocycles. The minimum atomic E-state index is -0.803. The van der Waals surface area contributed by atoms with Gasteiger partial charge in [0, 0.05) is 43.7 Å². The van der Waals surface area contributed by atoms with E-state index in [2.05, 4.69) is 64.1 Å². The van der Waals surface area contributed by atoms with Crippen molar-refractivity contribution in [3.63, 3.8) is 0 Å². The molecular formula is C34H40N8O3. The number of amides is 1. The third-order valence-electron chi connectivity index (χ3n) is 8.84. The van der Waals surface area contributed by atoms with Gasteiger partial charge in [0.2, 0.25) is 11.9 Å². The normalized spacial score (nSPS) is 23.8. The Bertz CT molecular complexity index is 1670. The number of carbonyl (C=O) groups excluding carboxylic acids is 1. The summed E-state index contributed by atoms with van der Waals surface area (Å²) in [5.74, 6) is 0.490. The van der Waals surface area contributed by atoms with Crippen LogP contribution in [0.5, 0.6) is 0 Å². The predicted molar refractivity (Wildman–Crippen MR) is 173 cm³/mol. The number of carbonyl (C=O) groups is 1. The van der Waals surface area contributed by atoms with Gasteiger partial charge in [0.25, 0.3) is 0 Å². The number of nitrogens with zero attached hydrogens (tertiary/aromatic N) is 5. The molecule has 2 aromatic carbocycles. The lowest BCUT2D eigenvalue weighted by molar-refractivity contribution is -0.148. The second-order valence-electron chi connectivity index (χ2n) is 12.5. The zero-order valence-electron chi connectivity index (χ0n) is 25.9. The largest absolute Gasteiger partial charge is 0.367 e. The number of rotatable bonds is 9. The van der Waals surface area contributed by atoms with Crippen LogP contribution < -0.4 is 21.3 Å². The standard InChI is InChI=1S/C34H40N8O3/c1-4-27(43)38-25-17-26(30-29(25)44-34(2,3)45-30)42-20-37-28-31(39-33(40-32(28)42)41-16-15-23(35)19-41)36-18-24(21-11-7-5-8-12-21)22-13-9-6-10-14-22/h5-14,17,20,23-24,26,29-30H,4,15-16,18-19,35H2,1-3H3,(H,38,43)(H,36,39,40)/t23-,26-,29-,30+/m1/s1. The van der Waals surface area contributed by atoms with Crippen molar-refractivity contribution in [3.8, 4) is 0 Å². The Hall–Kier alpha value is -4.32. The lowest BCUT2D eigenvalue weighted by atomic mass is 9.91. The van der Waals surface area contributed by atoms with E-state index in [9.17, 15) is 4.79 Å². The number of anilines is 2. The molecule has 4 aromatic rings. The smallest absolute Gasteiger partial charge is 0.229 e. The number of hydrogen-bond acceptors (Lipinski definition) is 9. The average Bonchev–Trinajstić information content (AvgIpc) is 3.81. The van der Waals surface area contributed by atoms with Crippen LogP contribution in [0.15, 0.2) is 78.8 Å². The van der Waals surface area contributed by atoms with Crippen molar-refractivity contribution in [3.05, 3.63) is 89.9 Å². The zero-order chi connectivity index (χ0) is 31.1. The fourth-order valence-corrected chi connectivity index (χ4v) is 6.61. The maximum absolute atomic E-state index is 12.4. The van der Waals surface area contributed by atoms with Gasteiger partial charge in [-0.2, -0.15) is 9.97 Å². The molecule has 7 rings (SSSR count). The molecule has 1 amide bonds. The summed E-state index contributed by atoms with van der Waals surface area (Å²) in [6.45, 7) is 7.69. The first-order valence-electron chi connectivity index (χ1n) is 15.8. The van der Waals surface area contributed by atoms with Gasteiger partial charge in [-0.1, -0.05) is 67.6 Å². The summed E-state index contributed by atoms with van der Waals surface area (Å²) in [5, 5.41) is 6.68. The molecule has 2 aromatic heterocycles. The number of aromatic nitrogens is 4. The highest BCUT2D eigenvalue weighted by molar-refractivity contribution is 5.85. The number of benzene rings is 2. The molecular weight excluding hydrogens is 568 g/mol. The van der Waals surface area contributed by atoms with Crippen molar-refractivity contribution in [1.82, 2.24) is 24.8 Å². The molecule has 11 heteroatoms. The van der Waals surface area contributed by atoms with E-state index >= 15 is 0 Å². The molecule has 45 heavy (non-hydrogen) atoms. The SMILES string of the molecule is CCC(=O)NC1=C[C@@H](n2cnc3c(NCC(c4ccccc4)c4ccccc4)nc(N4CC[C@@H](N)C4)nc32)[C@@H]2OC(C)(C)O[C@H]12. The maximum Gasteiger partial charge on any atom is 0.229 e. The van der Waals surface area contributed by atoms with E-state index in [4.69, 9.17) is 30.2 Å². The molecule has 2 fully saturated rings. The van der Waals surface area contributed by atoms with Crippen LogP contribution in [0.4, 0.5) is 11.8 Å². The summed E-state index contributed by atoms with van der Waals surface area (Å²) < 4.78 is 14.7. The molecule has 2 saturated heterocycles. The molecule has 4 heterocycles. The van der Waals surface area contributed by atoms with Crippen LogP contribution in [-0.4, -0.2) is 69.1 Å². The number of nitrogens with two attached hydrogens (primary N) is 1. The summed E-state index contributed by atoms with van der Waals surface area (Å²) in [6, 6.07) is 20.7. The minimum Gasteiger partial charge on any atom is -0.367 e. The van der Waals surface area contributed by atoms with E-state index in [1.165, 1.54) is 11.1 Å². The Morgan fingerprint density at radius 1 is 1.07 bits per heavy atom. The maximum atomic E-state index is 12.4. The molecule has 0 unspecified atom stereocenters. The van der Waals surface area contributed by atoms with Gasteiger partial charge in [-0.05, 0) is 37.5 Å². The fraction of sp³-hybridized carbons (Fsp3) is 0.412. The number of imidazole rings is 1. The van der Waals surface area contributed by atoms with E-state index in [-0.39, 0.29) is 30.0 Å². The number of hydrogen-bond donors (Lipinski definition) is 3. The van der Waals surface area contributed by atoms with Gasteiger partial charge in [-0.3, -0.25) is 4.79 Å². The van der Waals surface area contributed by atoms with Gasteiger partial charge < -0.3 is 35.3 Å². The molecule has 0 radical (unpaired) electrons. The Morgan fingerprint density at radius 3 is 2.42 bits per heavy atom. The van der Waals surface area contributed by atoms with Crippen LogP contribution in [0.25, 0.3) is 11.2 Å². The second kappa shape index (κ2) is 11.9. The summed E-state index contributed by atoms with van der Waals surface area (Å²) >= 11 is 0. The quantitative estimate of drug-likeness (QED) is 0.257. The van der Waals surface area contributed by atoms with Crippen LogP contribution in [0.3, 0.4) is 0 Å². The predicted octanol–water partition coefficient (Wildman–Crippen LogP) is 4.09. The van der Waals surface area contributed by atoms with Crippen LogP contribution in [-0.2, 0) is 14.3 Å². The summed E-state index contributed by atoms with van der Waals surface area (Å²) in [5.41, 5.74) is 10.8. The first-order chi connectivity index (χ1) is 21.8. The van der Waals surface area contributed by atoms with Crippen molar-refractivity contribution in [2.75, 3.05) is 29.9 Å². The van der Waals surface area contributed by atoms with Crippen LogP contribution in [0.1, 0.15) is 56.7 Å². The van der Waals surface area contributed by atoms with Crippen LogP contribution in [0.2, 0.25) is 0 Å². The van der Waals surface area contributed by atoms with Gasteiger partial charge in [0.1, 0.15) is 12.2 Å². The topological polar surface area (TPSA) is 132 Å². The van der Waals surface area contributed by atoms with E-state index < -0.39 is 11.9 Å².